The van der Waals surface area contributed by atoms with Crippen LogP contribution in [0.4, 0.5) is 11.4 Å². The summed E-state index contributed by atoms with van der Waals surface area (Å²) in [4.78, 5) is 12.0. The van der Waals surface area contributed by atoms with E-state index in [0.717, 1.165) is 24.5 Å². The van der Waals surface area contributed by atoms with E-state index in [1.165, 1.54) is 25.7 Å². The molecule has 0 aliphatic heterocycles. The molecule has 2 rings (SSSR count). The second-order valence-electron chi connectivity index (χ2n) is 6.35. The molecular weight excluding hydrogens is 383 g/mol. The van der Waals surface area contributed by atoms with Gasteiger partial charge in [0.2, 0.25) is 5.91 Å². The Balaban J connectivity index is 1.70. The Bertz CT molecular complexity index is 700. The van der Waals surface area contributed by atoms with Crippen molar-refractivity contribution >= 4 is 40.5 Å². The van der Waals surface area contributed by atoms with Gasteiger partial charge in [-0.2, -0.15) is 0 Å². The molecule has 0 heterocycles. The van der Waals surface area contributed by atoms with Crippen LogP contribution < -0.4 is 15.4 Å². The van der Waals surface area contributed by atoms with Crippen molar-refractivity contribution in [3.05, 3.63) is 52.5 Å². The second-order valence-corrected chi connectivity index (χ2v) is 7.22. The van der Waals surface area contributed by atoms with Crippen molar-refractivity contribution in [2.45, 2.75) is 39.0 Å². The van der Waals surface area contributed by atoms with Crippen LogP contribution in [0.5, 0.6) is 5.75 Å². The summed E-state index contributed by atoms with van der Waals surface area (Å²) in [7, 11) is 0. The van der Waals surface area contributed by atoms with Crippen molar-refractivity contribution in [3.8, 4) is 5.75 Å². The molecule has 2 aromatic carbocycles. The Morgan fingerprint density at radius 1 is 0.926 bits per heavy atom. The zero-order valence-corrected chi connectivity index (χ0v) is 17.1. The molecule has 0 bridgehead atoms. The van der Waals surface area contributed by atoms with E-state index in [2.05, 4.69) is 17.6 Å². The third kappa shape index (κ3) is 8.55. The molecule has 1 amide bonds. The fourth-order valence-electron chi connectivity index (χ4n) is 2.58. The van der Waals surface area contributed by atoms with E-state index in [1.54, 1.807) is 18.2 Å². The Hall–Kier alpha value is -1.91. The molecule has 0 aliphatic rings. The largest absolute Gasteiger partial charge is 0.494 e. The van der Waals surface area contributed by atoms with E-state index < -0.39 is 0 Å². The van der Waals surface area contributed by atoms with Crippen molar-refractivity contribution in [2.24, 2.45) is 0 Å². The van der Waals surface area contributed by atoms with Crippen LogP contribution in [0.3, 0.4) is 0 Å². The summed E-state index contributed by atoms with van der Waals surface area (Å²) in [6.07, 6.45) is 6.10. The van der Waals surface area contributed by atoms with Crippen molar-refractivity contribution in [1.29, 1.82) is 0 Å². The van der Waals surface area contributed by atoms with Crippen LogP contribution in [0.15, 0.2) is 42.5 Å². The predicted molar refractivity (Wildman–Crippen MR) is 114 cm³/mol. The number of hydrogen-bond donors (Lipinski definition) is 2. The molecule has 2 aromatic rings. The summed E-state index contributed by atoms with van der Waals surface area (Å²) in [5.41, 5.74) is 1.42. The number of rotatable bonds is 11. The van der Waals surface area contributed by atoms with Gasteiger partial charge in [0.05, 0.1) is 13.2 Å². The Kier molecular flexibility index (Phi) is 9.29. The molecule has 0 aromatic heterocycles. The van der Waals surface area contributed by atoms with Crippen LogP contribution in [-0.2, 0) is 4.79 Å². The van der Waals surface area contributed by atoms with Crippen LogP contribution in [0, 0.1) is 0 Å². The number of nitrogens with one attached hydrogen (secondary N) is 2. The average Bonchev–Trinajstić information content (AvgIpc) is 2.63. The Morgan fingerprint density at radius 3 is 2.26 bits per heavy atom. The molecule has 146 valence electrons. The van der Waals surface area contributed by atoms with Crippen LogP contribution in [0.2, 0.25) is 10.0 Å². The van der Waals surface area contributed by atoms with E-state index in [4.69, 9.17) is 27.9 Å². The van der Waals surface area contributed by atoms with Crippen molar-refractivity contribution in [3.63, 3.8) is 0 Å². The smallest absolute Gasteiger partial charge is 0.243 e. The molecule has 0 aliphatic carbocycles. The third-order valence-electron chi connectivity index (χ3n) is 3.97. The lowest BCUT2D eigenvalue weighted by atomic mass is 10.2. The zero-order chi connectivity index (χ0) is 19.5. The van der Waals surface area contributed by atoms with Gasteiger partial charge in [-0.1, -0.05) is 55.8 Å². The molecule has 0 unspecified atom stereocenters. The van der Waals surface area contributed by atoms with Crippen LogP contribution in [-0.4, -0.2) is 19.1 Å². The predicted octanol–water partition coefficient (Wildman–Crippen LogP) is 6.39. The lowest BCUT2D eigenvalue weighted by molar-refractivity contribution is -0.114. The first-order chi connectivity index (χ1) is 13.1. The molecule has 0 fully saturated rings. The SMILES string of the molecule is CCCCCCCOc1ccc(NCC(=O)Nc2cc(Cl)cc(Cl)c2)cc1. The molecular formula is C21H26Cl2N2O2. The highest BCUT2D eigenvalue weighted by Gasteiger charge is 2.05. The number of anilines is 2. The summed E-state index contributed by atoms with van der Waals surface area (Å²) in [5, 5.41) is 6.79. The van der Waals surface area contributed by atoms with E-state index in [0.29, 0.717) is 15.7 Å². The highest BCUT2D eigenvalue weighted by Crippen LogP contribution is 2.22. The minimum Gasteiger partial charge on any atom is -0.494 e. The van der Waals surface area contributed by atoms with Gasteiger partial charge in [-0.05, 0) is 48.9 Å². The van der Waals surface area contributed by atoms with Gasteiger partial charge in [0, 0.05) is 21.4 Å². The summed E-state index contributed by atoms with van der Waals surface area (Å²) < 4.78 is 5.74. The number of carbonyl (C=O) groups is 1. The van der Waals surface area contributed by atoms with Crippen molar-refractivity contribution in [2.75, 3.05) is 23.8 Å². The standard InChI is InChI=1S/C21H26Cl2N2O2/c1-2-3-4-5-6-11-27-20-9-7-18(8-10-20)24-15-21(26)25-19-13-16(22)12-17(23)14-19/h7-10,12-14,24H,2-6,11,15H2,1H3,(H,25,26). The second kappa shape index (κ2) is 11.7. The first kappa shape index (κ1) is 21.4. The highest BCUT2D eigenvalue weighted by molar-refractivity contribution is 6.35. The highest BCUT2D eigenvalue weighted by atomic mass is 35.5. The number of ether oxygens (including phenoxy) is 1. The minimum absolute atomic E-state index is 0.141. The van der Waals surface area contributed by atoms with E-state index in [-0.39, 0.29) is 12.5 Å². The Morgan fingerprint density at radius 2 is 1.59 bits per heavy atom. The van der Waals surface area contributed by atoms with Gasteiger partial charge in [-0.25, -0.2) is 0 Å². The quantitative estimate of drug-likeness (QED) is 0.423. The fraction of sp³-hybridized carbons (Fsp3) is 0.381. The molecule has 6 heteroatoms. The topological polar surface area (TPSA) is 50.4 Å². The molecule has 0 atom stereocenters. The van der Waals surface area contributed by atoms with Crippen molar-refractivity contribution in [1.82, 2.24) is 0 Å². The first-order valence-corrected chi connectivity index (χ1v) is 10.0. The van der Waals surface area contributed by atoms with Gasteiger partial charge >= 0.3 is 0 Å². The monoisotopic (exact) mass is 408 g/mol. The molecule has 2 N–H and O–H groups in total. The number of unbranched alkanes of at least 4 members (excludes halogenated alkanes) is 4. The lowest BCUT2D eigenvalue weighted by Crippen LogP contribution is -2.21. The summed E-state index contributed by atoms with van der Waals surface area (Å²) in [6.45, 7) is 3.09. The Labute approximate surface area is 171 Å². The number of benzene rings is 2. The zero-order valence-electron chi connectivity index (χ0n) is 15.6. The maximum absolute atomic E-state index is 12.0. The molecule has 0 saturated heterocycles. The maximum Gasteiger partial charge on any atom is 0.243 e. The van der Waals surface area contributed by atoms with Crippen LogP contribution >= 0.6 is 23.2 Å². The molecule has 4 nitrogen and oxygen atoms in total. The first-order valence-electron chi connectivity index (χ1n) is 9.29. The molecule has 0 spiro atoms. The molecule has 0 saturated carbocycles. The van der Waals surface area contributed by atoms with Crippen molar-refractivity contribution < 1.29 is 9.53 Å². The van der Waals surface area contributed by atoms with Gasteiger partial charge in [-0.15, -0.1) is 0 Å². The van der Waals surface area contributed by atoms with Crippen LogP contribution in [0.25, 0.3) is 0 Å². The van der Waals surface area contributed by atoms with Gasteiger partial charge in [0.25, 0.3) is 0 Å². The van der Waals surface area contributed by atoms with Gasteiger partial charge < -0.3 is 15.4 Å². The van der Waals surface area contributed by atoms with Gasteiger partial charge in [-0.3, -0.25) is 4.79 Å². The van der Waals surface area contributed by atoms with Crippen LogP contribution in [0.1, 0.15) is 39.0 Å². The summed E-state index contributed by atoms with van der Waals surface area (Å²) in [5.74, 6) is 0.662. The van der Waals surface area contributed by atoms with E-state index in [1.807, 2.05) is 24.3 Å². The number of amides is 1. The van der Waals surface area contributed by atoms with E-state index >= 15 is 0 Å². The minimum atomic E-state index is -0.180. The maximum atomic E-state index is 12.0. The summed E-state index contributed by atoms with van der Waals surface area (Å²) in [6, 6.07) is 12.5. The average molecular weight is 409 g/mol. The lowest BCUT2D eigenvalue weighted by Gasteiger charge is -2.10. The normalized spacial score (nSPS) is 10.5. The summed E-state index contributed by atoms with van der Waals surface area (Å²) >= 11 is 11.9. The molecule has 27 heavy (non-hydrogen) atoms. The number of carbonyl (C=O) groups excluding carboxylic acids is 1. The molecule has 0 radical (unpaired) electrons. The number of halogens is 2. The fourth-order valence-corrected chi connectivity index (χ4v) is 3.10. The van der Waals surface area contributed by atoms with Gasteiger partial charge in [0.15, 0.2) is 0 Å². The van der Waals surface area contributed by atoms with E-state index in [9.17, 15) is 4.79 Å². The number of hydrogen-bond acceptors (Lipinski definition) is 3. The van der Waals surface area contributed by atoms with Gasteiger partial charge in [0.1, 0.15) is 5.75 Å². The third-order valence-corrected chi connectivity index (χ3v) is 4.41.